The summed E-state index contributed by atoms with van der Waals surface area (Å²) < 4.78 is 16.0. The number of benzene rings is 1. The van der Waals surface area contributed by atoms with Gasteiger partial charge in [0.1, 0.15) is 18.1 Å². The van der Waals surface area contributed by atoms with E-state index in [2.05, 4.69) is 15.4 Å². The molecular weight excluding hydrogens is 412 g/mol. The summed E-state index contributed by atoms with van der Waals surface area (Å²) in [6.07, 6.45) is 0.797. The van der Waals surface area contributed by atoms with Gasteiger partial charge >= 0.3 is 0 Å². The molecule has 1 aliphatic heterocycles. The first-order valence-electron chi connectivity index (χ1n) is 10.9. The Kier molecular flexibility index (Phi) is 8.64. The van der Waals surface area contributed by atoms with Crippen molar-refractivity contribution in [3.63, 3.8) is 0 Å². The maximum atomic E-state index is 13.0. The van der Waals surface area contributed by atoms with Crippen LogP contribution < -0.4 is 10.1 Å². The third-order valence-corrected chi connectivity index (χ3v) is 5.52. The minimum absolute atomic E-state index is 0.00373. The average Bonchev–Trinajstić information content (AvgIpc) is 3.12. The van der Waals surface area contributed by atoms with Crippen molar-refractivity contribution in [2.75, 3.05) is 53.0 Å². The molecule has 1 aromatic carbocycles. The van der Waals surface area contributed by atoms with Crippen LogP contribution in [0.2, 0.25) is 0 Å². The second-order valence-corrected chi connectivity index (χ2v) is 7.88. The first-order chi connectivity index (χ1) is 15.5. The minimum Gasteiger partial charge on any atom is -0.489 e. The number of piperazine rings is 1. The number of methoxy groups -OCH3 is 1. The van der Waals surface area contributed by atoms with Crippen LogP contribution in [-0.2, 0) is 16.1 Å². The van der Waals surface area contributed by atoms with E-state index in [1.165, 1.54) is 0 Å². The topological polar surface area (TPSA) is 97.1 Å². The first kappa shape index (κ1) is 23.7. The van der Waals surface area contributed by atoms with Gasteiger partial charge in [-0.25, -0.2) is 0 Å². The summed E-state index contributed by atoms with van der Waals surface area (Å²) in [6.45, 7) is 8.15. The summed E-state index contributed by atoms with van der Waals surface area (Å²) in [5.41, 5.74) is 2.31. The molecule has 0 atom stereocenters. The largest absolute Gasteiger partial charge is 0.489 e. The monoisotopic (exact) mass is 444 g/mol. The molecule has 9 heteroatoms. The van der Waals surface area contributed by atoms with E-state index in [0.717, 1.165) is 23.4 Å². The number of nitrogens with zero attached hydrogens (tertiary/aromatic N) is 3. The quantitative estimate of drug-likeness (QED) is 0.558. The lowest BCUT2D eigenvalue weighted by Crippen LogP contribution is -2.51. The van der Waals surface area contributed by atoms with Crippen molar-refractivity contribution in [1.82, 2.24) is 20.3 Å². The molecule has 0 aliphatic carbocycles. The van der Waals surface area contributed by atoms with Crippen molar-refractivity contribution < 1.29 is 23.6 Å². The summed E-state index contributed by atoms with van der Waals surface area (Å²) in [4.78, 5) is 28.9. The van der Waals surface area contributed by atoms with Crippen LogP contribution in [0.1, 0.15) is 33.8 Å². The fraction of sp³-hybridized carbons (Fsp3) is 0.522. The minimum atomic E-state index is -0.0311. The van der Waals surface area contributed by atoms with Gasteiger partial charge in [-0.2, -0.15) is 0 Å². The smallest absolute Gasteiger partial charge is 0.254 e. The Morgan fingerprint density at radius 1 is 1.19 bits per heavy atom. The molecule has 0 saturated carbocycles. The van der Waals surface area contributed by atoms with E-state index < -0.39 is 0 Å². The zero-order valence-corrected chi connectivity index (χ0v) is 19.1. The summed E-state index contributed by atoms with van der Waals surface area (Å²) in [5.74, 6) is 1.33. The molecule has 0 bridgehead atoms. The van der Waals surface area contributed by atoms with Gasteiger partial charge in [0.15, 0.2) is 0 Å². The molecule has 32 heavy (non-hydrogen) atoms. The van der Waals surface area contributed by atoms with Crippen molar-refractivity contribution in [2.45, 2.75) is 26.9 Å². The number of aryl methyl sites for hydroxylation is 2. The summed E-state index contributed by atoms with van der Waals surface area (Å²) in [7, 11) is 1.65. The van der Waals surface area contributed by atoms with Gasteiger partial charge < -0.3 is 24.2 Å². The SMILES string of the molecule is COCCCNC(=O)CN1CCN(C(=O)c2cccc(OCc3c(C)noc3C)c2)CC1. The van der Waals surface area contributed by atoms with Crippen molar-refractivity contribution >= 4 is 11.8 Å². The lowest BCUT2D eigenvalue weighted by atomic mass is 10.1. The highest BCUT2D eigenvalue weighted by molar-refractivity contribution is 5.94. The van der Waals surface area contributed by atoms with Gasteiger partial charge in [-0.1, -0.05) is 11.2 Å². The molecule has 1 saturated heterocycles. The lowest BCUT2D eigenvalue weighted by Gasteiger charge is -2.34. The van der Waals surface area contributed by atoms with E-state index >= 15 is 0 Å². The predicted molar refractivity (Wildman–Crippen MR) is 119 cm³/mol. The van der Waals surface area contributed by atoms with Gasteiger partial charge in [0.05, 0.1) is 17.8 Å². The van der Waals surface area contributed by atoms with Crippen LogP contribution in [-0.4, -0.2) is 79.8 Å². The molecule has 1 N–H and O–H groups in total. The van der Waals surface area contributed by atoms with E-state index in [9.17, 15) is 9.59 Å². The average molecular weight is 445 g/mol. The molecule has 2 amide bonds. The van der Waals surface area contributed by atoms with Gasteiger partial charge in [0.25, 0.3) is 5.91 Å². The number of nitrogens with one attached hydrogen (secondary N) is 1. The molecule has 174 valence electrons. The Balaban J connectivity index is 1.46. The highest BCUT2D eigenvalue weighted by atomic mass is 16.5. The van der Waals surface area contributed by atoms with E-state index in [0.29, 0.717) is 63.8 Å². The van der Waals surface area contributed by atoms with Crippen molar-refractivity contribution in [1.29, 1.82) is 0 Å². The van der Waals surface area contributed by atoms with E-state index in [-0.39, 0.29) is 11.8 Å². The number of rotatable bonds is 10. The van der Waals surface area contributed by atoms with Gasteiger partial charge in [0.2, 0.25) is 5.91 Å². The molecular formula is C23H32N4O5. The highest BCUT2D eigenvalue weighted by Crippen LogP contribution is 2.19. The van der Waals surface area contributed by atoms with E-state index in [1.807, 2.05) is 30.9 Å². The third-order valence-electron chi connectivity index (χ3n) is 5.52. The molecule has 0 spiro atoms. The van der Waals surface area contributed by atoms with Crippen LogP contribution in [0.15, 0.2) is 28.8 Å². The Labute approximate surface area is 188 Å². The number of amides is 2. The van der Waals surface area contributed by atoms with Crippen molar-refractivity contribution in [2.24, 2.45) is 0 Å². The normalized spacial score (nSPS) is 14.4. The molecule has 3 rings (SSSR count). The Morgan fingerprint density at radius 2 is 1.97 bits per heavy atom. The Hall–Kier alpha value is -2.91. The van der Waals surface area contributed by atoms with Crippen LogP contribution in [0.5, 0.6) is 5.75 Å². The number of carbonyl (C=O) groups excluding carboxylic acids is 2. The van der Waals surface area contributed by atoms with E-state index in [4.69, 9.17) is 14.0 Å². The van der Waals surface area contributed by atoms with E-state index in [1.54, 1.807) is 19.2 Å². The standard InChI is InChI=1S/C23H32N4O5/c1-17-21(18(2)32-25-17)16-31-20-7-4-6-19(14-20)23(29)27-11-9-26(10-12-27)15-22(28)24-8-5-13-30-3/h4,6-7,14H,5,8-13,15-16H2,1-3H3,(H,24,28). The van der Waals surface area contributed by atoms with Crippen LogP contribution in [0.4, 0.5) is 0 Å². The molecule has 0 unspecified atom stereocenters. The molecule has 1 aliphatic rings. The highest BCUT2D eigenvalue weighted by Gasteiger charge is 2.23. The van der Waals surface area contributed by atoms with Gasteiger partial charge in [-0.3, -0.25) is 14.5 Å². The van der Waals surface area contributed by atoms with Gasteiger partial charge in [-0.05, 0) is 38.5 Å². The molecule has 2 heterocycles. The fourth-order valence-corrected chi connectivity index (χ4v) is 3.58. The summed E-state index contributed by atoms with van der Waals surface area (Å²) in [5, 5.41) is 6.83. The number of ether oxygens (including phenoxy) is 2. The molecule has 1 fully saturated rings. The van der Waals surface area contributed by atoms with Gasteiger partial charge in [0, 0.05) is 52.0 Å². The fourth-order valence-electron chi connectivity index (χ4n) is 3.58. The molecule has 0 radical (unpaired) electrons. The van der Waals surface area contributed by atoms with Crippen molar-refractivity contribution in [3.05, 3.63) is 46.8 Å². The number of aromatic nitrogens is 1. The number of hydrogen-bond donors (Lipinski definition) is 1. The second kappa shape index (κ2) is 11.6. The zero-order valence-electron chi connectivity index (χ0n) is 19.1. The van der Waals surface area contributed by atoms with Crippen LogP contribution in [0.25, 0.3) is 0 Å². The van der Waals surface area contributed by atoms with Crippen LogP contribution in [0.3, 0.4) is 0 Å². The predicted octanol–water partition coefficient (Wildman–Crippen LogP) is 1.78. The lowest BCUT2D eigenvalue weighted by molar-refractivity contribution is -0.122. The zero-order chi connectivity index (χ0) is 22.9. The number of hydrogen-bond acceptors (Lipinski definition) is 7. The maximum absolute atomic E-state index is 13.0. The molecule has 2 aromatic rings. The van der Waals surface area contributed by atoms with Crippen LogP contribution in [0, 0.1) is 13.8 Å². The number of carbonyl (C=O) groups is 2. The first-order valence-corrected chi connectivity index (χ1v) is 10.9. The second-order valence-electron chi connectivity index (χ2n) is 7.88. The molecule has 1 aromatic heterocycles. The Morgan fingerprint density at radius 3 is 2.66 bits per heavy atom. The summed E-state index contributed by atoms with van der Waals surface area (Å²) >= 11 is 0. The van der Waals surface area contributed by atoms with Crippen LogP contribution >= 0.6 is 0 Å². The van der Waals surface area contributed by atoms with Gasteiger partial charge in [-0.15, -0.1) is 0 Å². The van der Waals surface area contributed by atoms with Crippen molar-refractivity contribution in [3.8, 4) is 5.75 Å². The Bertz CT molecular complexity index is 886. The third kappa shape index (κ3) is 6.54. The molecule has 9 nitrogen and oxygen atoms in total. The maximum Gasteiger partial charge on any atom is 0.254 e. The summed E-state index contributed by atoms with van der Waals surface area (Å²) in [6, 6.07) is 7.21.